The van der Waals surface area contributed by atoms with Gasteiger partial charge in [-0.1, -0.05) is 51.5 Å². The van der Waals surface area contributed by atoms with E-state index in [0.29, 0.717) is 29.2 Å². The van der Waals surface area contributed by atoms with Gasteiger partial charge in [-0.15, -0.1) is 0 Å². The van der Waals surface area contributed by atoms with Gasteiger partial charge in [0.25, 0.3) is 5.78 Å². The number of nitrogens with zero attached hydrogens (tertiary/aromatic N) is 2. The summed E-state index contributed by atoms with van der Waals surface area (Å²) >= 11 is 4.38. The monoisotopic (exact) mass is 556 g/mol. The second-order valence-electron chi connectivity index (χ2n) is 7.59. The second-order valence-corrected chi connectivity index (χ2v) is 9.48. The molecule has 0 radical (unpaired) electrons. The van der Waals surface area contributed by atoms with Crippen LogP contribution in [0.1, 0.15) is 39.5 Å². The Morgan fingerprint density at radius 3 is 2.63 bits per heavy atom. The molecule has 1 aliphatic rings. The third-order valence-electron chi connectivity index (χ3n) is 5.39. The van der Waals surface area contributed by atoms with Crippen LogP contribution in [0.5, 0.6) is 5.75 Å². The van der Waals surface area contributed by atoms with Gasteiger partial charge >= 0.3 is 11.9 Å². The van der Waals surface area contributed by atoms with Crippen molar-refractivity contribution in [2.75, 3.05) is 18.6 Å². The highest BCUT2D eigenvalue weighted by atomic mass is 79.9. The van der Waals surface area contributed by atoms with Gasteiger partial charge in [0, 0.05) is 10.0 Å². The highest BCUT2D eigenvalue weighted by Crippen LogP contribution is 2.44. The minimum absolute atomic E-state index is 0.0887. The summed E-state index contributed by atoms with van der Waals surface area (Å²) in [5, 5.41) is 11.4. The molecule has 3 aromatic rings. The molecule has 1 aromatic heterocycles. The zero-order chi connectivity index (χ0) is 25.3. The number of ketones is 1. The van der Waals surface area contributed by atoms with Gasteiger partial charge in [0.15, 0.2) is 5.13 Å². The van der Waals surface area contributed by atoms with Gasteiger partial charge in [-0.25, -0.2) is 9.78 Å². The largest absolute Gasteiger partial charge is 0.507 e. The number of carbonyl (C=O) groups is 3. The number of hydrogen-bond donors (Lipinski definition) is 1. The van der Waals surface area contributed by atoms with Crippen LogP contribution >= 0.6 is 27.3 Å². The predicted octanol–water partition coefficient (Wildman–Crippen LogP) is 5.03. The molecule has 0 bridgehead atoms. The third kappa shape index (κ3) is 4.59. The normalized spacial score (nSPS) is 17.0. The number of carbonyl (C=O) groups excluding carboxylic acids is 3. The zero-order valence-corrected chi connectivity index (χ0v) is 21.5. The number of aryl methyl sites for hydroxylation is 1. The van der Waals surface area contributed by atoms with E-state index in [-0.39, 0.29) is 21.3 Å². The van der Waals surface area contributed by atoms with E-state index in [9.17, 15) is 19.5 Å². The molecule has 0 saturated carbocycles. The van der Waals surface area contributed by atoms with Crippen LogP contribution in [0.15, 0.2) is 58.6 Å². The van der Waals surface area contributed by atoms with E-state index < -0.39 is 23.7 Å². The summed E-state index contributed by atoms with van der Waals surface area (Å²) in [6.07, 6.45) is 0. The van der Waals surface area contributed by atoms with Crippen molar-refractivity contribution >= 4 is 55.8 Å². The average Bonchev–Trinajstić information content (AvgIpc) is 3.35. The molecule has 1 N–H and O–H groups in total. The molecule has 8 nitrogen and oxygen atoms in total. The van der Waals surface area contributed by atoms with Crippen molar-refractivity contribution in [3.8, 4) is 5.75 Å². The molecule has 1 amide bonds. The Kier molecular flexibility index (Phi) is 7.04. The van der Waals surface area contributed by atoms with Crippen molar-refractivity contribution in [1.29, 1.82) is 0 Å². The lowest BCUT2D eigenvalue weighted by Gasteiger charge is -2.23. The number of rotatable bonds is 6. The van der Waals surface area contributed by atoms with E-state index in [4.69, 9.17) is 9.47 Å². The summed E-state index contributed by atoms with van der Waals surface area (Å²) in [7, 11) is 1.26. The predicted molar refractivity (Wildman–Crippen MR) is 135 cm³/mol. The fourth-order valence-corrected chi connectivity index (χ4v) is 5.27. The maximum atomic E-state index is 13.3. The Hall–Kier alpha value is -3.50. The molecule has 180 valence electrons. The van der Waals surface area contributed by atoms with Crippen LogP contribution in [0.25, 0.3) is 5.76 Å². The first kappa shape index (κ1) is 24.6. The lowest BCUT2D eigenvalue weighted by Crippen LogP contribution is -2.29. The van der Waals surface area contributed by atoms with Crippen molar-refractivity contribution in [2.45, 2.75) is 19.9 Å². The molecule has 0 aliphatic carbocycles. The van der Waals surface area contributed by atoms with Gasteiger partial charge in [0.1, 0.15) is 16.4 Å². The van der Waals surface area contributed by atoms with Gasteiger partial charge in [-0.2, -0.15) is 0 Å². The van der Waals surface area contributed by atoms with Gasteiger partial charge < -0.3 is 14.6 Å². The molecular formula is C25H21BrN2O6S. The summed E-state index contributed by atoms with van der Waals surface area (Å²) in [5.74, 6) is -2.12. The van der Waals surface area contributed by atoms with Crippen LogP contribution in [0.4, 0.5) is 5.13 Å². The fourth-order valence-electron chi connectivity index (χ4n) is 3.84. The third-order valence-corrected chi connectivity index (χ3v) is 7.02. The molecule has 1 atom stereocenters. The van der Waals surface area contributed by atoms with Gasteiger partial charge in [0.05, 0.1) is 31.0 Å². The number of anilines is 1. The maximum Gasteiger partial charge on any atom is 0.350 e. The quantitative estimate of drug-likeness (QED) is 0.196. The van der Waals surface area contributed by atoms with Crippen molar-refractivity contribution in [1.82, 2.24) is 4.98 Å². The lowest BCUT2D eigenvalue weighted by molar-refractivity contribution is -0.132. The number of hydrogen-bond acceptors (Lipinski definition) is 8. The first-order valence-electron chi connectivity index (χ1n) is 10.6. The molecule has 2 aromatic carbocycles. The second kappa shape index (κ2) is 10.0. The van der Waals surface area contributed by atoms with E-state index in [1.165, 1.54) is 12.0 Å². The number of amides is 1. The standard InChI is InChI=1S/C25H21BrN2O6S/c1-4-34-17-10-6-8-15(12-17)20(29)18-19(14-7-5-9-16(26)11-14)28(23(31)21(18)30)25-27-13(2)22(35-25)24(32)33-3/h5-12,19,29H,4H2,1-3H3/b20-18+. The highest BCUT2D eigenvalue weighted by molar-refractivity contribution is 9.10. The van der Waals surface area contributed by atoms with Crippen LogP contribution < -0.4 is 9.64 Å². The van der Waals surface area contributed by atoms with Crippen LogP contribution in [0.3, 0.4) is 0 Å². The molecular weight excluding hydrogens is 536 g/mol. The van der Waals surface area contributed by atoms with Crippen molar-refractivity contribution < 1.29 is 29.0 Å². The summed E-state index contributed by atoms with van der Waals surface area (Å²) in [5.41, 5.74) is 1.19. The number of Topliss-reactive ketones (excluding diaryl/α,β-unsaturated/α-hetero) is 1. The average molecular weight is 557 g/mol. The smallest absolute Gasteiger partial charge is 0.350 e. The van der Waals surface area contributed by atoms with Crippen LogP contribution in [0, 0.1) is 6.92 Å². The molecule has 2 heterocycles. The molecule has 1 fully saturated rings. The highest BCUT2D eigenvalue weighted by Gasteiger charge is 2.48. The Labute approximate surface area is 213 Å². The van der Waals surface area contributed by atoms with Gasteiger partial charge in [-0.05, 0) is 43.7 Å². The first-order valence-corrected chi connectivity index (χ1v) is 12.2. The molecule has 1 saturated heterocycles. The summed E-state index contributed by atoms with van der Waals surface area (Å²) in [6, 6.07) is 12.8. The number of aliphatic hydroxyl groups excluding tert-OH is 1. The number of esters is 1. The summed E-state index contributed by atoms with van der Waals surface area (Å²) < 4.78 is 11.1. The van der Waals surface area contributed by atoms with Gasteiger partial charge in [-0.3, -0.25) is 14.5 Å². The minimum Gasteiger partial charge on any atom is -0.507 e. The topological polar surface area (TPSA) is 106 Å². The maximum absolute atomic E-state index is 13.3. The molecule has 0 spiro atoms. The summed E-state index contributed by atoms with van der Waals surface area (Å²) in [4.78, 5) is 44.6. The van der Waals surface area contributed by atoms with Crippen molar-refractivity contribution in [3.63, 3.8) is 0 Å². The van der Waals surface area contributed by atoms with E-state index in [2.05, 4.69) is 20.9 Å². The summed E-state index contributed by atoms with van der Waals surface area (Å²) in [6.45, 7) is 3.89. The molecule has 10 heteroatoms. The number of ether oxygens (including phenoxy) is 2. The van der Waals surface area contributed by atoms with Crippen LogP contribution in [0.2, 0.25) is 0 Å². The minimum atomic E-state index is -0.973. The first-order chi connectivity index (χ1) is 16.8. The van der Waals surface area contributed by atoms with Crippen LogP contribution in [-0.4, -0.2) is 41.5 Å². The number of aliphatic hydroxyl groups is 1. The Balaban J connectivity index is 1.93. The zero-order valence-electron chi connectivity index (χ0n) is 19.1. The number of methoxy groups -OCH3 is 1. The van der Waals surface area contributed by atoms with Crippen molar-refractivity contribution in [3.05, 3.63) is 80.3 Å². The van der Waals surface area contributed by atoms with E-state index in [0.717, 1.165) is 15.8 Å². The van der Waals surface area contributed by atoms with E-state index >= 15 is 0 Å². The Morgan fingerprint density at radius 2 is 1.94 bits per heavy atom. The molecule has 4 rings (SSSR count). The van der Waals surface area contributed by atoms with Crippen LogP contribution in [-0.2, 0) is 14.3 Å². The number of benzene rings is 2. The number of halogens is 1. The van der Waals surface area contributed by atoms with Gasteiger partial charge in [0.2, 0.25) is 0 Å². The number of thiazole rings is 1. The molecule has 1 aliphatic heterocycles. The van der Waals surface area contributed by atoms with E-state index in [1.807, 2.05) is 13.0 Å². The number of aromatic nitrogens is 1. The SMILES string of the molecule is CCOc1cccc(/C(O)=C2\C(=O)C(=O)N(c3nc(C)c(C(=O)OC)s3)C2c2cccc(Br)c2)c1. The van der Waals surface area contributed by atoms with E-state index in [1.54, 1.807) is 49.4 Å². The Bertz CT molecular complexity index is 1370. The lowest BCUT2D eigenvalue weighted by atomic mass is 9.95. The Morgan fingerprint density at radius 1 is 1.20 bits per heavy atom. The van der Waals surface area contributed by atoms with Crippen molar-refractivity contribution in [2.24, 2.45) is 0 Å². The molecule has 1 unspecified atom stereocenters. The molecule has 35 heavy (non-hydrogen) atoms. The fraction of sp³-hybridized carbons (Fsp3) is 0.200.